The first-order valence-electron chi connectivity index (χ1n) is 3.31. The van der Waals surface area contributed by atoms with Crippen LogP contribution >= 0.6 is 0 Å². The summed E-state index contributed by atoms with van der Waals surface area (Å²) in [5.74, 6) is -0.723. The van der Waals surface area contributed by atoms with Crippen molar-refractivity contribution < 1.29 is 17.9 Å². The third-order valence-electron chi connectivity index (χ3n) is 1.23. The Morgan fingerprint density at radius 3 is 2.64 bits per heavy atom. The van der Waals surface area contributed by atoms with Gasteiger partial charge in [-0.3, -0.25) is 4.79 Å². The van der Waals surface area contributed by atoms with E-state index < -0.39 is 23.2 Å². The molecule has 7 heteroatoms. The van der Waals surface area contributed by atoms with Crippen LogP contribution in [0, 0.1) is 11.3 Å². The van der Waals surface area contributed by atoms with E-state index >= 15 is 0 Å². The summed E-state index contributed by atoms with van der Waals surface area (Å²) < 4.78 is 38.7. The average Bonchev–Trinajstić information content (AvgIpc) is 2.06. The molecule has 1 N–H and O–H groups in total. The van der Waals surface area contributed by atoms with Crippen molar-refractivity contribution in [2.24, 2.45) is 0 Å². The van der Waals surface area contributed by atoms with E-state index in [1.54, 1.807) is 0 Å². The summed E-state index contributed by atoms with van der Waals surface area (Å²) in [5.41, 5.74) is -1.14. The van der Waals surface area contributed by atoms with Crippen LogP contribution in [-0.2, 0) is 0 Å². The van der Waals surface area contributed by atoms with Crippen molar-refractivity contribution in [2.75, 3.05) is 0 Å². The molecule has 4 nitrogen and oxygen atoms in total. The van der Waals surface area contributed by atoms with Crippen molar-refractivity contribution in [1.29, 1.82) is 5.26 Å². The van der Waals surface area contributed by atoms with Crippen LogP contribution in [0.5, 0.6) is 5.75 Å². The first-order valence-corrected chi connectivity index (χ1v) is 3.31. The first kappa shape index (κ1) is 10.1. The smallest absolute Gasteiger partial charge is 0.403 e. The van der Waals surface area contributed by atoms with Crippen LogP contribution in [0.2, 0.25) is 0 Å². The van der Waals surface area contributed by atoms with Crippen molar-refractivity contribution >= 4 is 0 Å². The highest BCUT2D eigenvalue weighted by atomic mass is 19.4. The highest BCUT2D eigenvalue weighted by Crippen LogP contribution is 2.23. The van der Waals surface area contributed by atoms with Crippen LogP contribution < -0.4 is 10.3 Å². The van der Waals surface area contributed by atoms with E-state index in [-0.39, 0.29) is 0 Å². The van der Waals surface area contributed by atoms with Crippen LogP contribution in [0.4, 0.5) is 13.2 Å². The van der Waals surface area contributed by atoms with Crippen LogP contribution in [-0.4, -0.2) is 11.3 Å². The molecule has 0 aliphatic rings. The number of nitrogens with zero attached hydrogens (tertiary/aromatic N) is 1. The van der Waals surface area contributed by atoms with Gasteiger partial charge in [-0.25, -0.2) is 0 Å². The Labute approximate surface area is 75.5 Å². The molecule has 0 radical (unpaired) electrons. The monoisotopic (exact) mass is 204 g/mol. The molecule has 0 saturated carbocycles. The van der Waals surface area contributed by atoms with Gasteiger partial charge in [0.15, 0.2) is 5.75 Å². The number of aromatic nitrogens is 1. The molecule has 1 aromatic heterocycles. The lowest BCUT2D eigenvalue weighted by Crippen LogP contribution is -2.19. The van der Waals surface area contributed by atoms with Crippen molar-refractivity contribution in [3.63, 3.8) is 0 Å². The average molecular weight is 204 g/mol. The maximum Gasteiger partial charge on any atom is 0.573 e. The van der Waals surface area contributed by atoms with Crippen LogP contribution in [0.1, 0.15) is 5.56 Å². The summed E-state index contributed by atoms with van der Waals surface area (Å²) in [7, 11) is 0. The molecule has 0 unspecified atom stereocenters. The fourth-order valence-corrected chi connectivity index (χ4v) is 0.755. The standard InChI is InChI=1S/C7H3F3N2O2/c8-7(9,10)14-5-3-12-6(13)1-4(5)2-11/h1,3H,(H,12,13). The lowest BCUT2D eigenvalue weighted by Gasteiger charge is -2.08. The van der Waals surface area contributed by atoms with Gasteiger partial charge in [0.05, 0.1) is 0 Å². The molecule has 0 saturated heterocycles. The maximum absolute atomic E-state index is 11.7. The fraction of sp³-hybridized carbons (Fsp3) is 0.143. The van der Waals surface area contributed by atoms with Gasteiger partial charge in [0.25, 0.3) is 0 Å². The van der Waals surface area contributed by atoms with Gasteiger partial charge >= 0.3 is 6.36 Å². The predicted molar refractivity (Wildman–Crippen MR) is 38.5 cm³/mol. The molecule has 1 heterocycles. The lowest BCUT2D eigenvalue weighted by molar-refractivity contribution is -0.274. The normalized spacial score (nSPS) is 10.7. The van der Waals surface area contributed by atoms with Crippen LogP contribution in [0.3, 0.4) is 0 Å². The van der Waals surface area contributed by atoms with E-state index in [0.29, 0.717) is 6.20 Å². The summed E-state index contributed by atoms with van der Waals surface area (Å²) in [4.78, 5) is 12.6. The Morgan fingerprint density at radius 2 is 2.14 bits per heavy atom. The van der Waals surface area contributed by atoms with Gasteiger partial charge in [0.1, 0.15) is 11.6 Å². The molecule has 74 valence electrons. The Kier molecular flexibility index (Phi) is 2.47. The topological polar surface area (TPSA) is 65.9 Å². The molecule has 0 aliphatic heterocycles. The Morgan fingerprint density at radius 1 is 1.50 bits per heavy atom. The summed E-state index contributed by atoms with van der Waals surface area (Å²) >= 11 is 0. The fourth-order valence-electron chi connectivity index (χ4n) is 0.755. The molecular weight excluding hydrogens is 201 g/mol. The second-order valence-electron chi connectivity index (χ2n) is 2.23. The minimum atomic E-state index is -4.89. The van der Waals surface area contributed by atoms with E-state index in [9.17, 15) is 18.0 Å². The molecule has 0 aromatic carbocycles. The molecule has 1 aromatic rings. The predicted octanol–water partition coefficient (Wildman–Crippen LogP) is 1.15. The maximum atomic E-state index is 11.7. The summed E-state index contributed by atoms with van der Waals surface area (Å²) in [6.07, 6.45) is -4.20. The lowest BCUT2D eigenvalue weighted by atomic mass is 10.3. The number of ether oxygens (including phenoxy) is 1. The largest absolute Gasteiger partial charge is 0.573 e. The number of H-pyrrole nitrogens is 1. The molecule has 0 spiro atoms. The van der Waals surface area contributed by atoms with Gasteiger partial charge in [0.2, 0.25) is 5.56 Å². The third kappa shape index (κ3) is 2.52. The molecular formula is C7H3F3N2O2. The van der Waals surface area contributed by atoms with Crippen molar-refractivity contribution in [3.05, 3.63) is 28.2 Å². The minimum absolute atomic E-state index is 0.467. The number of rotatable bonds is 1. The quantitative estimate of drug-likeness (QED) is 0.745. The van der Waals surface area contributed by atoms with Gasteiger partial charge in [0, 0.05) is 12.3 Å². The number of nitrogens with one attached hydrogen (secondary N) is 1. The molecule has 0 fully saturated rings. The number of hydrogen-bond donors (Lipinski definition) is 1. The number of aromatic amines is 1. The second-order valence-corrected chi connectivity index (χ2v) is 2.23. The number of halogens is 3. The summed E-state index contributed by atoms with van der Waals surface area (Å²) in [6, 6.07) is 2.14. The van der Waals surface area contributed by atoms with Gasteiger partial charge in [-0.1, -0.05) is 0 Å². The second kappa shape index (κ2) is 3.41. The number of pyridine rings is 1. The van der Waals surface area contributed by atoms with Gasteiger partial charge in [-0.2, -0.15) is 5.26 Å². The van der Waals surface area contributed by atoms with E-state index in [1.807, 2.05) is 4.98 Å². The molecule has 0 bridgehead atoms. The SMILES string of the molecule is N#Cc1cc(=O)[nH]cc1OC(F)(F)F. The van der Waals surface area contributed by atoms with Crippen molar-refractivity contribution in [3.8, 4) is 11.8 Å². The summed E-state index contributed by atoms with van der Waals surface area (Å²) in [5, 5.41) is 8.39. The zero-order valence-electron chi connectivity index (χ0n) is 6.55. The van der Waals surface area contributed by atoms with Gasteiger partial charge < -0.3 is 9.72 Å². The van der Waals surface area contributed by atoms with E-state index in [2.05, 4.69) is 4.74 Å². The van der Waals surface area contributed by atoms with E-state index in [0.717, 1.165) is 6.07 Å². The zero-order valence-corrected chi connectivity index (χ0v) is 6.55. The highest BCUT2D eigenvalue weighted by Gasteiger charge is 2.32. The Balaban J connectivity index is 3.11. The number of alkyl halides is 3. The van der Waals surface area contributed by atoms with Crippen LogP contribution in [0.25, 0.3) is 0 Å². The molecule has 1 rings (SSSR count). The molecule has 0 amide bonds. The highest BCUT2D eigenvalue weighted by molar-refractivity contribution is 5.40. The molecule has 0 atom stereocenters. The number of nitriles is 1. The molecule has 14 heavy (non-hydrogen) atoms. The Hall–Kier alpha value is -1.97. The molecule has 0 aliphatic carbocycles. The van der Waals surface area contributed by atoms with Crippen LogP contribution in [0.15, 0.2) is 17.1 Å². The van der Waals surface area contributed by atoms with Crippen molar-refractivity contribution in [2.45, 2.75) is 6.36 Å². The first-order chi connectivity index (χ1) is 6.42. The van der Waals surface area contributed by atoms with E-state index in [1.165, 1.54) is 6.07 Å². The summed E-state index contributed by atoms with van der Waals surface area (Å²) in [6.45, 7) is 0. The third-order valence-corrected chi connectivity index (χ3v) is 1.23. The van der Waals surface area contributed by atoms with Gasteiger partial charge in [-0.15, -0.1) is 13.2 Å². The van der Waals surface area contributed by atoms with E-state index in [4.69, 9.17) is 5.26 Å². The number of hydrogen-bond acceptors (Lipinski definition) is 3. The van der Waals surface area contributed by atoms with Crippen molar-refractivity contribution in [1.82, 2.24) is 4.98 Å². The van der Waals surface area contributed by atoms with Gasteiger partial charge in [-0.05, 0) is 0 Å². The Bertz CT molecular complexity index is 430. The zero-order chi connectivity index (χ0) is 10.8. The minimum Gasteiger partial charge on any atom is -0.403 e.